The molecule has 0 unspecified atom stereocenters. The lowest BCUT2D eigenvalue weighted by Crippen LogP contribution is -2.51. The van der Waals surface area contributed by atoms with E-state index in [1.807, 2.05) is 6.92 Å². The number of sulfonamides is 1. The molecule has 0 heterocycles. The van der Waals surface area contributed by atoms with Gasteiger partial charge in [0.15, 0.2) is 0 Å². The molecule has 0 aliphatic heterocycles. The third-order valence-corrected chi connectivity index (χ3v) is 8.94. The molecule has 11 heteroatoms. The quantitative estimate of drug-likeness (QED) is 0.303. The molecule has 0 aliphatic carbocycles. The summed E-state index contributed by atoms with van der Waals surface area (Å²) in [6.45, 7) is 4.92. The standard InChI is InChI=1S/C27H28BrCl2N3O4S/c1-4-31-27(35)19(3)32(16-23-24(29)6-5-7-25(23)30)26(34)17-33(21-12-10-20(28)11-13-21)38(36,37)22-14-8-18(2)9-15-22/h5-15,19H,4,16-17H2,1-3H3,(H,31,35)/t19-/m1/s1. The average molecular weight is 641 g/mol. The van der Waals surface area contributed by atoms with E-state index < -0.39 is 28.5 Å². The smallest absolute Gasteiger partial charge is 0.264 e. The summed E-state index contributed by atoms with van der Waals surface area (Å²) in [5.74, 6) is -0.987. The zero-order chi connectivity index (χ0) is 28.0. The van der Waals surface area contributed by atoms with E-state index in [2.05, 4.69) is 21.2 Å². The molecule has 0 spiro atoms. The largest absolute Gasteiger partial charge is 0.355 e. The van der Waals surface area contributed by atoms with Crippen molar-refractivity contribution in [3.8, 4) is 0 Å². The van der Waals surface area contributed by atoms with Crippen LogP contribution in [0.2, 0.25) is 10.0 Å². The van der Waals surface area contributed by atoms with Gasteiger partial charge in [-0.1, -0.05) is 62.9 Å². The number of hydrogen-bond donors (Lipinski definition) is 1. The van der Waals surface area contributed by atoms with Gasteiger partial charge in [0.05, 0.1) is 10.6 Å². The first-order chi connectivity index (χ1) is 17.9. The highest BCUT2D eigenvalue weighted by Crippen LogP contribution is 2.29. The van der Waals surface area contributed by atoms with Crippen LogP contribution in [0.25, 0.3) is 0 Å². The zero-order valence-electron chi connectivity index (χ0n) is 21.1. The summed E-state index contributed by atoms with van der Waals surface area (Å²) < 4.78 is 29.4. The maximum absolute atomic E-state index is 13.8. The maximum Gasteiger partial charge on any atom is 0.264 e. The number of nitrogens with zero attached hydrogens (tertiary/aromatic N) is 2. The molecule has 1 N–H and O–H groups in total. The zero-order valence-corrected chi connectivity index (χ0v) is 25.0. The second kappa shape index (κ2) is 13.0. The molecule has 0 radical (unpaired) electrons. The number of carbonyl (C=O) groups excluding carboxylic acids is 2. The van der Waals surface area contributed by atoms with Crippen molar-refractivity contribution in [3.05, 3.63) is 92.4 Å². The summed E-state index contributed by atoms with van der Waals surface area (Å²) in [6.07, 6.45) is 0. The van der Waals surface area contributed by atoms with E-state index in [1.165, 1.54) is 17.0 Å². The highest BCUT2D eigenvalue weighted by Gasteiger charge is 2.33. The summed E-state index contributed by atoms with van der Waals surface area (Å²) in [5, 5.41) is 3.37. The van der Waals surface area contributed by atoms with E-state index in [1.54, 1.807) is 68.4 Å². The van der Waals surface area contributed by atoms with Crippen molar-refractivity contribution >= 4 is 66.7 Å². The first-order valence-electron chi connectivity index (χ1n) is 11.8. The lowest BCUT2D eigenvalue weighted by molar-refractivity contribution is -0.139. The highest BCUT2D eigenvalue weighted by molar-refractivity contribution is 9.10. The van der Waals surface area contributed by atoms with E-state index >= 15 is 0 Å². The van der Waals surface area contributed by atoms with Gasteiger partial charge >= 0.3 is 0 Å². The van der Waals surface area contributed by atoms with Crippen molar-refractivity contribution < 1.29 is 18.0 Å². The van der Waals surface area contributed by atoms with Gasteiger partial charge in [-0.15, -0.1) is 0 Å². The fourth-order valence-corrected chi connectivity index (χ4v) is 5.93. The van der Waals surface area contributed by atoms with Gasteiger partial charge in [-0.3, -0.25) is 13.9 Å². The molecule has 1 atom stereocenters. The molecule has 0 saturated heterocycles. The fourth-order valence-electron chi connectivity index (χ4n) is 3.73. The topological polar surface area (TPSA) is 86.8 Å². The molecule has 3 rings (SSSR count). The monoisotopic (exact) mass is 639 g/mol. The van der Waals surface area contributed by atoms with Crippen LogP contribution >= 0.6 is 39.1 Å². The Labute approximate surface area is 241 Å². The van der Waals surface area contributed by atoms with Gasteiger partial charge in [0.1, 0.15) is 12.6 Å². The van der Waals surface area contributed by atoms with E-state index in [-0.39, 0.29) is 17.3 Å². The van der Waals surface area contributed by atoms with Gasteiger partial charge in [-0.05, 0) is 69.3 Å². The van der Waals surface area contributed by atoms with Crippen molar-refractivity contribution in [1.82, 2.24) is 10.2 Å². The Morgan fingerprint density at radius 1 is 0.974 bits per heavy atom. The Kier molecular flexibility index (Phi) is 10.2. The second-order valence-corrected chi connectivity index (χ2v) is 12.2. The van der Waals surface area contributed by atoms with Gasteiger partial charge < -0.3 is 10.2 Å². The number of nitrogens with one attached hydrogen (secondary N) is 1. The van der Waals surface area contributed by atoms with Crippen molar-refractivity contribution in [3.63, 3.8) is 0 Å². The summed E-state index contributed by atoms with van der Waals surface area (Å²) in [6, 6.07) is 17.0. The van der Waals surface area contributed by atoms with Crippen LogP contribution in [0.15, 0.2) is 76.1 Å². The number of rotatable bonds is 10. The van der Waals surface area contributed by atoms with Crippen LogP contribution < -0.4 is 9.62 Å². The van der Waals surface area contributed by atoms with Crippen molar-refractivity contribution in [2.75, 3.05) is 17.4 Å². The Balaban J connectivity index is 2.06. The third-order valence-electron chi connectivity index (χ3n) is 5.91. The van der Waals surface area contributed by atoms with Crippen LogP contribution in [0, 0.1) is 6.92 Å². The molecule has 202 valence electrons. The van der Waals surface area contributed by atoms with E-state index in [0.29, 0.717) is 27.8 Å². The molecule has 38 heavy (non-hydrogen) atoms. The normalized spacial score (nSPS) is 12.1. The fraction of sp³-hybridized carbons (Fsp3) is 0.259. The summed E-state index contributed by atoms with van der Waals surface area (Å²) in [5.41, 5.74) is 1.65. The first-order valence-corrected chi connectivity index (χ1v) is 14.8. The average Bonchev–Trinajstić information content (AvgIpc) is 2.87. The molecule has 0 fully saturated rings. The molecule has 0 bridgehead atoms. The van der Waals surface area contributed by atoms with Crippen LogP contribution in [-0.4, -0.2) is 44.3 Å². The molecule has 0 aliphatic rings. The molecule has 3 aromatic rings. The van der Waals surface area contributed by atoms with E-state index in [0.717, 1.165) is 14.3 Å². The molecule has 2 amide bonds. The number of carbonyl (C=O) groups is 2. The summed E-state index contributed by atoms with van der Waals surface area (Å²) in [7, 11) is -4.14. The SMILES string of the molecule is CCNC(=O)[C@@H](C)N(Cc1c(Cl)cccc1Cl)C(=O)CN(c1ccc(Br)cc1)S(=O)(=O)c1ccc(C)cc1. The lowest BCUT2D eigenvalue weighted by Gasteiger charge is -2.32. The maximum atomic E-state index is 13.8. The minimum Gasteiger partial charge on any atom is -0.355 e. The van der Waals surface area contributed by atoms with Crippen molar-refractivity contribution in [2.24, 2.45) is 0 Å². The number of hydrogen-bond acceptors (Lipinski definition) is 4. The van der Waals surface area contributed by atoms with Gasteiger partial charge in [-0.2, -0.15) is 0 Å². The Bertz CT molecular complexity index is 1380. The highest BCUT2D eigenvalue weighted by atomic mass is 79.9. The minimum absolute atomic E-state index is 0.0382. The van der Waals surface area contributed by atoms with Crippen LogP contribution in [0.5, 0.6) is 0 Å². The molecule has 3 aromatic carbocycles. The molecule has 0 saturated carbocycles. The lowest BCUT2D eigenvalue weighted by atomic mass is 10.1. The van der Waals surface area contributed by atoms with Crippen LogP contribution in [-0.2, 0) is 26.2 Å². The molecular weight excluding hydrogens is 613 g/mol. The van der Waals surface area contributed by atoms with Crippen molar-refractivity contribution in [2.45, 2.75) is 38.3 Å². The van der Waals surface area contributed by atoms with E-state index in [9.17, 15) is 18.0 Å². The summed E-state index contributed by atoms with van der Waals surface area (Å²) >= 11 is 16.1. The van der Waals surface area contributed by atoms with Gasteiger partial charge in [-0.25, -0.2) is 8.42 Å². The van der Waals surface area contributed by atoms with Crippen molar-refractivity contribution in [1.29, 1.82) is 0 Å². The molecule has 0 aromatic heterocycles. The number of amides is 2. The Morgan fingerprint density at radius 2 is 1.55 bits per heavy atom. The van der Waals surface area contributed by atoms with Gasteiger partial charge in [0, 0.05) is 33.2 Å². The van der Waals surface area contributed by atoms with Crippen LogP contribution in [0.4, 0.5) is 5.69 Å². The number of likely N-dealkylation sites (N-methyl/N-ethyl adjacent to an activating group) is 1. The van der Waals surface area contributed by atoms with E-state index in [4.69, 9.17) is 23.2 Å². The minimum atomic E-state index is -4.14. The first kappa shape index (κ1) is 30.0. The molecule has 7 nitrogen and oxygen atoms in total. The van der Waals surface area contributed by atoms with Gasteiger partial charge in [0.25, 0.3) is 10.0 Å². The predicted molar refractivity (Wildman–Crippen MR) is 155 cm³/mol. The third kappa shape index (κ3) is 7.08. The number of halogens is 3. The predicted octanol–water partition coefficient (Wildman–Crippen LogP) is 5.81. The molecular formula is C27H28BrCl2N3O4S. The Hall–Kier alpha value is -2.59. The number of benzene rings is 3. The Morgan fingerprint density at radius 3 is 2.11 bits per heavy atom. The summed E-state index contributed by atoms with van der Waals surface area (Å²) in [4.78, 5) is 28.0. The van der Waals surface area contributed by atoms with Crippen LogP contribution in [0.3, 0.4) is 0 Å². The van der Waals surface area contributed by atoms with Gasteiger partial charge in [0.2, 0.25) is 11.8 Å². The number of anilines is 1. The number of aryl methyl sites for hydroxylation is 1. The second-order valence-electron chi connectivity index (χ2n) is 8.59. The van der Waals surface area contributed by atoms with Crippen LogP contribution in [0.1, 0.15) is 25.0 Å².